The van der Waals surface area contributed by atoms with Crippen molar-refractivity contribution in [1.82, 2.24) is 0 Å². The SMILES string of the molecule is c1ccc(N(c2cccc(-c3cccc4c3sc3ccccc34)c2)c2ccc3c(c2)-c2ccccc2C32c3ccccc3Oc3ccccc32)cc1. The van der Waals surface area contributed by atoms with Crippen molar-refractivity contribution in [2.75, 3.05) is 4.90 Å². The van der Waals surface area contributed by atoms with Gasteiger partial charge in [-0.25, -0.2) is 0 Å². The van der Waals surface area contributed by atoms with Crippen LogP contribution in [-0.4, -0.2) is 0 Å². The molecule has 0 saturated heterocycles. The molecule has 1 aliphatic carbocycles. The van der Waals surface area contributed by atoms with Gasteiger partial charge in [0.15, 0.2) is 0 Å². The van der Waals surface area contributed by atoms with Crippen molar-refractivity contribution < 1.29 is 4.74 Å². The van der Waals surface area contributed by atoms with Gasteiger partial charge < -0.3 is 9.64 Å². The van der Waals surface area contributed by atoms with Crippen LogP contribution in [0.5, 0.6) is 11.5 Å². The number of nitrogens with zero attached hydrogens (tertiary/aromatic N) is 1. The summed E-state index contributed by atoms with van der Waals surface area (Å²) >= 11 is 1.88. The van der Waals surface area contributed by atoms with Gasteiger partial charge in [0.1, 0.15) is 11.5 Å². The quantitative estimate of drug-likeness (QED) is 0.183. The van der Waals surface area contributed by atoms with E-state index in [-0.39, 0.29) is 0 Å². The van der Waals surface area contributed by atoms with Crippen LogP contribution >= 0.6 is 11.3 Å². The monoisotopic (exact) mass is 681 g/mol. The number of hydrogen-bond acceptors (Lipinski definition) is 3. The molecule has 244 valence electrons. The molecular formula is C49H31NOS. The Morgan fingerprint density at radius 1 is 0.404 bits per heavy atom. The first-order valence-corrected chi connectivity index (χ1v) is 18.6. The van der Waals surface area contributed by atoms with Gasteiger partial charge in [-0.1, -0.05) is 133 Å². The lowest BCUT2D eigenvalue weighted by molar-refractivity contribution is 0.436. The molecule has 3 heteroatoms. The Kier molecular flexibility index (Phi) is 6.37. The van der Waals surface area contributed by atoms with E-state index in [1.165, 1.54) is 64.7 Å². The van der Waals surface area contributed by atoms with Crippen LogP contribution in [0.25, 0.3) is 42.4 Å². The first kappa shape index (κ1) is 29.3. The van der Waals surface area contributed by atoms with E-state index in [9.17, 15) is 0 Å². The Bertz CT molecular complexity index is 2810. The topological polar surface area (TPSA) is 12.5 Å². The zero-order valence-electron chi connectivity index (χ0n) is 28.2. The average Bonchev–Trinajstić information content (AvgIpc) is 3.73. The van der Waals surface area contributed by atoms with Gasteiger partial charge in [-0.05, 0) is 88.0 Å². The maximum atomic E-state index is 6.56. The number of fused-ring (bicyclic) bond motifs is 12. The van der Waals surface area contributed by atoms with Gasteiger partial charge in [0.2, 0.25) is 0 Å². The molecule has 1 aliphatic heterocycles. The summed E-state index contributed by atoms with van der Waals surface area (Å²) in [4.78, 5) is 2.40. The summed E-state index contributed by atoms with van der Waals surface area (Å²) < 4.78 is 9.20. The van der Waals surface area contributed by atoms with Crippen LogP contribution in [0.4, 0.5) is 17.1 Å². The zero-order chi connectivity index (χ0) is 34.2. The van der Waals surface area contributed by atoms with E-state index in [2.05, 4.69) is 193 Å². The fraction of sp³-hybridized carbons (Fsp3) is 0.0204. The molecule has 0 fully saturated rings. The molecule has 0 unspecified atom stereocenters. The Labute approximate surface area is 306 Å². The maximum Gasteiger partial charge on any atom is 0.132 e. The van der Waals surface area contributed by atoms with Crippen LogP contribution in [0, 0.1) is 0 Å². The summed E-state index contributed by atoms with van der Waals surface area (Å²) in [6.07, 6.45) is 0. The molecule has 0 atom stereocenters. The Morgan fingerprint density at radius 2 is 1.00 bits per heavy atom. The summed E-state index contributed by atoms with van der Waals surface area (Å²) in [7, 11) is 0. The van der Waals surface area contributed by atoms with Crippen molar-refractivity contribution in [3.8, 4) is 33.8 Å². The minimum atomic E-state index is -0.490. The average molecular weight is 682 g/mol. The highest BCUT2D eigenvalue weighted by atomic mass is 32.1. The molecule has 9 aromatic rings. The van der Waals surface area contributed by atoms with Crippen molar-refractivity contribution in [2.24, 2.45) is 0 Å². The zero-order valence-corrected chi connectivity index (χ0v) is 29.0. The molecule has 1 aromatic heterocycles. The number of benzene rings is 8. The number of thiophene rings is 1. The van der Waals surface area contributed by atoms with Crippen molar-refractivity contribution >= 4 is 48.6 Å². The number of anilines is 3. The summed E-state index contributed by atoms with van der Waals surface area (Å²) in [5, 5.41) is 2.63. The normalized spacial score (nSPS) is 13.3. The summed E-state index contributed by atoms with van der Waals surface area (Å²) in [6.45, 7) is 0. The van der Waals surface area contributed by atoms with E-state index in [1.807, 2.05) is 11.3 Å². The fourth-order valence-electron chi connectivity index (χ4n) is 8.80. The lowest BCUT2D eigenvalue weighted by Gasteiger charge is -2.39. The fourth-order valence-corrected chi connectivity index (χ4v) is 10.0. The molecule has 8 aromatic carbocycles. The third kappa shape index (κ3) is 4.11. The van der Waals surface area contributed by atoms with E-state index in [0.29, 0.717) is 0 Å². The molecular weight excluding hydrogens is 651 g/mol. The Hall–Kier alpha value is -6.42. The number of hydrogen-bond donors (Lipinski definition) is 0. The first-order chi connectivity index (χ1) is 25.8. The van der Waals surface area contributed by atoms with Crippen LogP contribution in [-0.2, 0) is 5.41 Å². The van der Waals surface area contributed by atoms with Crippen molar-refractivity contribution in [3.05, 3.63) is 210 Å². The molecule has 52 heavy (non-hydrogen) atoms. The van der Waals surface area contributed by atoms with Gasteiger partial charge in [-0.2, -0.15) is 0 Å². The number of ether oxygens (including phenoxy) is 1. The van der Waals surface area contributed by atoms with Gasteiger partial charge in [-0.3, -0.25) is 0 Å². The van der Waals surface area contributed by atoms with Crippen molar-refractivity contribution in [1.29, 1.82) is 0 Å². The molecule has 1 spiro atoms. The molecule has 0 amide bonds. The summed E-state index contributed by atoms with van der Waals surface area (Å²) in [5.74, 6) is 1.81. The highest BCUT2D eigenvalue weighted by Crippen LogP contribution is 2.62. The van der Waals surface area contributed by atoms with E-state index in [4.69, 9.17) is 4.74 Å². The lowest BCUT2D eigenvalue weighted by atomic mass is 9.66. The molecule has 0 radical (unpaired) electrons. The van der Waals surface area contributed by atoms with Gasteiger partial charge in [0.25, 0.3) is 0 Å². The van der Waals surface area contributed by atoms with Crippen molar-refractivity contribution in [3.63, 3.8) is 0 Å². The van der Waals surface area contributed by atoms with Gasteiger partial charge in [-0.15, -0.1) is 11.3 Å². The smallest absolute Gasteiger partial charge is 0.132 e. The highest BCUT2D eigenvalue weighted by molar-refractivity contribution is 7.26. The van der Waals surface area contributed by atoms with Gasteiger partial charge in [0, 0.05) is 48.4 Å². The Morgan fingerprint density at radius 3 is 1.83 bits per heavy atom. The van der Waals surface area contributed by atoms with E-state index in [1.54, 1.807) is 0 Å². The standard InChI is InChI=1S/C49H31NOS/c1-2-15-33(16-3-1)50(34-17-12-14-32(30-34)36-20-13-21-39-38-19-5-11-27-47(38)52-48(36)39)35-28-29-42-40(31-35)37-18-4-6-22-41(37)49(42)43-23-7-9-25-45(43)51-46-26-10-8-24-44(46)49/h1-31H. The number of para-hydroxylation sites is 3. The molecule has 2 aliphatic rings. The molecule has 0 N–H and O–H groups in total. The molecule has 11 rings (SSSR count). The second-order valence-corrected chi connectivity index (χ2v) is 14.7. The lowest BCUT2D eigenvalue weighted by Crippen LogP contribution is -2.32. The highest BCUT2D eigenvalue weighted by Gasteiger charge is 2.51. The molecule has 0 saturated carbocycles. The van der Waals surface area contributed by atoms with E-state index < -0.39 is 5.41 Å². The van der Waals surface area contributed by atoms with E-state index in [0.717, 1.165) is 28.6 Å². The molecule has 2 nitrogen and oxygen atoms in total. The predicted octanol–water partition coefficient (Wildman–Crippen LogP) is 13.7. The maximum absolute atomic E-state index is 6.56. The first-order valence-electron chi connectivity index (χ1n) is 17.8. The second-order valence-electron chi connectivity index (χ2n) is 13.6. The molecule has 0 bridgehead atoms. The van der Waals surface area contributed by atoms with Gasteiger partial charge >= 0.3 is 0 Å². The van der Waals surface area contributed by atoms with Gasteiger partial charge in [0.05, 0.1) is 5.41 Å². The third-order valence-electron chi connectivity index (χ3n) is 10.9. The largest absolute Gasteiger partial charge is 0.457 e. The summed E-state index contributed by atoms with van der Waals surface area (Å²) in [6, 6.07) is 68.3. The Balaban J connectivity index is 1.12. The second kappa shape index (κ2) is 11.3. The predicted molar refractivity (Wildman–Crippen MR) is 217 cm³/mol. The summed E-state index contributed by atoms with van der Waals surface area (Å²) in [5.41, 5.74) is 12.7. The number of rotatable bonds is 4. The van der Waals surface area contributed by atoms with Crippen molar-refractivity contribution in [2.45, 2.75) is 5.41 Å². The van der Waals surface area contributed by atoms with Crippen LogP contribution in [0.1, 0.15) is 22.3 Å². The van der Waals surface area contributed by atoms with Crippen LogP contribution in [0.15, 0.2) is 188 Å². The molecule has 2 heterocycles. The van der Waals surface area contributed by atoms with Crippen LogP contribution in [0.2, 0.25) is 0 Å². The van der Waals surface area contributed by atoms with Crippen LogP contribution in [0.3, 0.4) is 0 Å². The third-order valence-corrected chi connectivity index (χ3v) is 12.1. The minimum Gasteiger partial charge on any atom is -0.457 e. The van der Waals surface area contributed by atoms with Crippen LogP contribution < -0.4 is 9.64 Å². The minimum absolute atomic E-state index is 0.490. The van der Waals surface area contributed by atoms with E-state index >= 15 is 0 Å².